The molecule has 2 aromatic heterocycles. The summed E-state index contributed by atoms with van der Waals surface area (Å²) in [7, 11) is 0. The number of ether oxygens (including phenoxy) is 1. The lowest BCUT2D eigenvalue weighted by Gasteiger charge is -2.08. The lowest BCUT2D eigenvalue weighted by molar-refractivity contribution is 0.297. The summed E-state index contributed by atoms with van der Waals surface area (Å²) in [6.07, 6.45) is 6.70. The third-order valence-corrected chi connectivity index (χ3v) is 3.03. The van der Waals surface area contributed by atoms with Crippen molar-refractivity contribution in [3.05, 3.63) is 30.4 Å². The molecule has 0 amide bonds. The van der Waals surface area contributed by atoms with Gasteiger partial charge in [-0.25, -0.2) is 0 Å². The molecular weight excluding hydrogens is 228 g/mol. The highest BCUT2D eigenvalue weighted by Crippen LogP contribution is 2.12. The maximum atomic E-state index is 5.64. The quantitative estimate of drug-likeness (QED) is 0.789. The zero-order valence-electron chi connectivity index (χ0n) is 11.2. The van der Waals surface area contributed by atoms with Gasteiger partial charge in [-0.1, -0.05) is 6.92 Å². The standard InChI is InChI=1S/C13H20N4O/c1-4-11(3)17-7-6-12(15-17)10-18-13-8-14-16(5-2)9-13/h6-9,11H,4-5,10H2,1-3H3. The minimum atomic E-state index is 0.432. The number of hydrogen-bond acceptors (Lipinski definition) is 3. The molecule has 1 atom stereocenters. The van der Waals surface area contributed by atoms with E-state index in [9.17, 15) is 0 Å². The van der Waals surface area contributed by atoms with Gasteiger partial charge >= 0.3 is 0 Å². The molecule has 2 heterocycles. The van der Waals surface area contributed by atoms with Crippen LogP contribution in [-0.4, -0.2) is 19.6 Å². The highest BCUT2D eigenvalue weighted by molar-refractivity contribution is 5.12. The zero-order chi connectivity index (χ0) is 13.0. The number of aryl methyl sites for hydroxylation is 1. The number of aromatic nitrogens is 4. The fourth-order valence-electron chi connectivity index (χ4n) is 1.64. The van der Waals surface area contributed by atoms with Crippen molar-refractivity contribution in [2.24, 2.45) is 0 Å². The van der Waals surface area contributed by atoms with Crippen molar-refractivity contribution >= 4 is 0 Å². The molecule has 0 radical (unpaired) electrons. The van der Waals surface area contributed by atoms with Crippen LogP contribution >= 0.6 is 0 Å². The molecule has 0 aliphatic carbocycles. The third kappa shape index (κ3) is 2.91. The Labute approximate surface area is 107 Å². The highest BCUT2D eigenvalue weighted by atomic mass is 16.5. The fraction of sp³-hybridized carbons (Fsp3) is 0.538. The average Bonchev–Trinajstić information content (AvgIpc) is 3.04. The normalized spacial score (nSPS) is 12.6. The van der Waals surface area contributed by atoms with Crippen LogP contribution in [0.1, 0.15) is 38.9 Å². The minimum absolute atomic E-state index is 0.432. The van der Waals surface area contributed by atoms with Gasteiger partial charge in [0, 0.05) is 18.8 Å². The summed E-state index contributed by atoms with van der Waals surface area (Å²) >= 11 is 0. The molecule has 5 nitrogen and oxygen atoms in total. The van der Waals surface area contributed by atoms with Crippen LogP contribution in [0.15, 0.2) is 24.7 Å². The van der Waals surface area contributed by atoms with E-state index in [1.807, 2.05) is 34.7 Å². The monoisotopic (exact) mass is 248 g/mol. The minimum Gasteiger partial charge on any atom is -0.484 e. The first-order valence-corrected chi connectivity index (χ1v) is 6.42. The summed E-state index contributed by atoms with van der Waals surface area (Å²) in [5.74, 6) is 0.787. The molecule has 0 saturated heterocycles. The van der Waals surface area contributed by atoms with Crippen LogP contribution < -0.4 is 4.74 Å². The summed E-state index contributed by atoms with van der Waals surface area (Å²) in [6, 6.07) is 2.43. The van der Waals surface area contributed by atoms with Crippen molar-refractivity contribution in [3.8, 4) is 5.75 Å². The Bertz CT molecular complexity index is 489. The molecule has 0 aromatic carbocycles. The van der Waals surface area contributed by atoms with Crippen molar-refractivity contribution < 1.29 is 4.74 Å². The Morgan fingerprint density at radius 1 is 1.39 bits per heavy atom. The fourth-order valence-corrected chi connectivity index (χ4v) is 1.64. The molecule has 2 rings (SSSR count). The van der Waals surface area contributed by atoms with Crippen LogP contribution in [0.5, 0.6) is 5.75 Å². The van der Waals surface area contributed by atoms with Crippen molar-refractivity contribution in [2.75, 3.05) is 0 Å². The predicted molar refractivity (Wildman–Crippen MR) is 69.5 cm³/mol. The Kier molecular flexibility index (Phi) is 4.02. The van der Waals surface area contributed by atoms with Crippen LogP contribution in [0.25, 0.3) is 0 Å². The van der Waals surface area contributed by atoms with E-state index in [0.29, 0.717) is 12.6 Å². The third-order valence-electron chi connectivity index (χ3n) is 3.03. The van der Waals surface area contributed by atoms with E-state index < -0.39 is 0 Å². The summed E-state index contributed by atoms with van der Waals surface area (Å²) in [5, 5.41) is 8.65. The van der Waals surface area contributed by atoms with Gasteiger partial charge in [0.05, 0.1) is 18.1 Å². The molecule has 0 spiro atoms. The van der Waals surface area contributed by atoms with E-state index in [-0.39, 0.29) is 0 Å². The van der Waals surface area contributed by atoms with Gasteiger partial charge in [0.25, 0.3) is 0 Å². The Hall–Kier alpha value is -1.78. The number of hydrogen-bond donors (Lipinski definition) is 0. The van der Waals surface area contributed by atoms with Gasteiger partial charge in [0.15, 0.2) is 5.75 Å². The van der Waals surface area contributed by atoms with Crippen LogP contribution in [0.4, 0.5) is 0 Å². The predicted octanol–water partition coefficient (Wildman–Crippen LogP) is 2.65. The molecule has 0 aliphatic rings. The lowest BCUT2D eigenvalue weighted by atomic mass is 10.3. The Balaban J connectivity index is 1.91. The van der Waals surface area contributed by atoms with Crippen molar-refractivity contribution in [2.45, 2.75) is 46.4 Å². The summed E-state index contributed by atoms with van der Waals surface area (Å²) in [6.45, 7) is 7.69. The molecular formula is C13H20N4O. The molecule has 0 N–H and O–H groups in total. The van der Waals surface area contributed by atoms with Crippen LogP contribution in [0.2, 0.25) is 0 Å². The molecule has 0 fully saturated rings. The van der Waals surface area contributed by atoms with Gasteiger partial charge in [-0.15, -0.1) is 0 Å². The molecule has 0 saturated carbocycles. The Morgan fingerprint density at radius 3 is 2.89 bits per heavy atom. The summed E-state index contributed by atoms with van der Waals surface area (Å²) in [5.41, 5.74) is 0.944. The SMILES string of the molecule is CCC(C)n1ccc(COc2cnn(CC)c2)n1. The van der Waals surface area contributed by atoms with Gasteiger partial charge < -0.3 is 4.74 Å². The summed E-state index contributed by atoms with van der Waals surface area (Å²) in [4.78, 5) is 0. The van der Waals surface area contributed by atoms with E-state index in [4.69, 9.17) is 4.74 Å². The molecule has 5 heteroatoms. The van der Waals surface area contributed by atoms with Crippen LogP contribution in [0, 0.1) is 0 Å². The van der Waals surface area contributed by atoms with Gasteiger partial charge in [0.2, 0.25) is 0 Å². The second-order valence-electron chi connectivity index (χ2n) is 4.36. The first-order valence-electron chi connectivity index (χ1n) is 6.42. The molecule has 0 bridgehead atoms. The number of nitrogens with zero attached hydrogens (tertiary/aromatic N) is 4. The lowest BCUT2D eigenvalue weighted by Crippen LogP contribution is -2.05. The average molecular weight is 248 g/mol. The molecule has 1 unspecified atom stereocenters. The van der Waals surface area contributed by atoms with E-state index in [0.717, 1.165) is 24.4 Å². The van der Waals surface area contributed by atoms with E-state index in [1.54, 1.807) is 6.20 Å². The van der Waals surface area contributed by atoms with Crippen LogP contribution in [0.3, 0.4) is 0 Å². The first-order chi connectivity index (χ1) is 8.72. The topological polar surface area (TPSA) is 44.9 Å². The number of rotatable bonds is 6. The molecule has 0 aliphatic heterocycles. The maximum Gasteiger partial charge on any atom is 0.157 e. The van der Waals surface area contributed by atoms with Gasteiger partial charge in [-0.2, -0.15) is 10.2 Å². The molecule has 98 valence electrons. The second kappa shape index (κ2) is 5.71. The first kappa shape index (κ1) is 12.7. The van der Waals surface area contributed by atoms with Crippen LogP contribution in [-0.2, 0) is 13.2 Å². The highest BCUT2D eigenvalue weighted by Gasteiger charge is 2.05. The Morgan fingerprint density at radius 2 is 2.22 bits per heavy atom. The van der Waals surface area contributed by atoms with E-state index >= 15 is 0 Å². The van der Waals surface area contributed by atoms with Crippen molar-refractivity contribution in [3.63, 3.8) is 0 Å². The van der Waals surface area contributed by atoms with Gasteiger partial charge in [-0.3, -0.25) is 9.36 Å². The van der Waals surface area contributed by atoms with Crippen molar-refractivity contribution in [1.29, 1.82) is 0 Å². The smallest absolute Gasteiger partial charge is 0.157 e. The van der Waals surface area contributed by atoms with E-state index in [1.165, 1.54) is 0 Å². The van der Waals surface area contributed by atoms with Gasteiger partial charge in [-0.05, 0) is 26.3 Å². The largest absolute Gasteiger partial charge is 0.484 e. The molecule has 18 heavy (non-hydrogen) atoms. The summed E-state index contributed by atoms with van der Waals surface area (Å²) < 4.78 is 9.46. The van der Waals surface area contributed by atoms with Crippen molar-refractivity contribution in [1.82, 2.24) is 19.6 Å². The van der Waals surface area contributed by atoms with Gasteiger partial charge in [0.1, 0.15) is 6.61 Å². The zero-order valence-corrected chi connectivity index (χ0v) is 11.2. The molecule has 2 aromatic rings. The maximum absolute atomic E-state index is 5.64. The second-order valence-corrected chi connectivity index (χ2v) is 4.36. The van der Waals surface area contributed by atoms with E-state index in [2.05, 4.69) is 24.0 Å².